The molecule has 0 aromatic heterocycles. The van der Waals surface area contributed by atoms with Crippen LogP contribution in [0.2, 0.25) is 5.02 Å². The van der Waals surface area contributed by atoms with Gasteiger partial charge in [0, 0.05) is 23.7 Å². The van der Waals surface area contributed by atoms with E-state index in [2.05, 4.69) is 10.6 Å². The molecule has 0 spiro atoms. The molecule has 0 atom stereocenters. The average molecular weight is 321 g/mol. The molecule has 0 aliphatic heterocycles. The van der Waals surface area contributed by atoms with Gasteiger partial charge in [-0.2, -0.15) is 0 Å². The second-order valence-electron chi connectivity index (χ2n) is 4.92. The maximum Gasteiger partial charge on any atom is 0.233 e. The van der Waals surface area contributed by atoms with Gasteiger partial charge in [0.25, 0.3) is 0 Å². The molecule has 2 rings (SSSR count). The molecule has 116 valence electrons. The SMILES string of the molecule is O=C(CNCc1ccccc1F)NCCc1cccc(Cl)c1. The molecule has 2 N–H and O–H groups in total. The van der Waals surface area contributed by atoms with Crippen molar-refractivity contribution in [2.75, 3.05) is 13.1 Å². The summed E-state index contributed by atoms with van der Waals surface area (Å²) < 4.78 is 13.4. The lowest BCUT2D eigenvalue weighted by molar-refractivity contribution is -0.120. The molecule has 22 heavy (non-hydrogen) atoms. The van der Waals surface area contributed by atoms with E-state index in [1.54, 1.807) is 18.2 Å². The van der Waals surface area contributed by atoms with E-state index >= 15 is 0 Å². The van der Waals surface area contributed by atoms with Crippen molar-refractivity contribution in [1.29, 1.82) is 0 Å². The van der Waals surface area contributed by atoms with E-state index in [0.29, 0.717) is 23.7 Å². The topological polar surface area (TPSA) is 41.1 Å². The van der Waals surface area contributed by atoms with Crippen LogP contribution >= 0.6 is 11.6 Å². The Morgan fingerprint density at radius 2 is 1.95 bits per heavy atom. The Balaban J connectivity index is 1.65. The van der Waals surface area contributed by atoms with Gasteiger partial charge >= 0.3 is 0 Å². The first-order chi connectivity index (χ1) is 10.6. The second kappa shape index (κ2) is 8.51. The molecule has 0 aliphatic rings. The zero-order chi connectivity index (χ0) is 15.8. The lowest BCUT2D eigenvalue weighted by atomic mass is 10.1. The maximum absolute atomic E-state index is 13.4. The second-order valence-corrected chi connectivity index (χ2v) is 5.36. The Bertz CT molecular complexity index is 634. The number of hydrogen-bond donors (Lipinski definition) is 2. The van der Waals surface area contributed by atoms with Gasteiger partial charge in [0.1, 0.15) is 5.82 Å². The molecular weight excluding hydrogens is 303 g/mol. The van der Waals surface area contributed by atoms with E-state index < -0.39 is 0 Å². The number of carbonyl (C=O) groups is 1. The molecule has 0 radical (unpaired) electrons. The standard InChI is InChI=1S/C17H18ClFN2O/c18-15-6-3-4-13(10-15)8-9-21-17(22)12-20-11-14-5-1-2-7-16(14)19/h1-7,10,20H,8-9,11-12H2,(H,21,22). The minimum Gasteiger partial charge on any atom is -0.355 e. The zero-order valence-corrected chi connectivity index (χ0v) is 12.9. The molecule has 0 aliphatic carbocycles. The summed E-state index contributed by atoms with van der Waals surface area (Å²) in [5.41, 5.74) is 1.63. The Kier molecular flexibility index (Phi) is 6.37. The van der Waals surface area contributed by atoms with Crippen LogP contribution < -0.4 is 10.6 Å². The fraction of sp³-hybridized carbons (Fsp3) is 0.235. The van der Waals surface area contributed by atoms with Crippen molar-refractivity contribution >= 4 is 17.5 Å². The highest BCUT2D eigenvalue weighted by molar-refractivity contribution is 6.30. The van der Waals surface area contributed by atoms with Gasteiger partial charge in [0.2, 0.25) is 5.91 Å². The largest absolute Gasteiger partial charge is 0.355 e. The number of halogens is 2. The van der Waals surface area contributed by atoms with Gasteiger partial charge in [-0.15, -0.1) is 0 Å². The van der Waals surface area contributed by atoms with E-state index in [1.165, 1.54) is 6.07 Å². The first-order valence-electron chi connectivity index (χ1n) is 7.10. The van der Waals surface area contributed by atoms with E-state index in [0.717, 1.165) is 12.0 Å². The van der Waals surface area contributed by atoms with Crippen LogP contribution in [0.4, 0.5) is 4.39 Å². The minimum atomic E-state index is -0.267. The van der Waals surface area contributed by atoms with Crippen LogP contribution in [0.15, 0.2) is 48.5 Å². The van der Waals surface area contributed by atoms with E-state index in [1.807, 2.05) is 24.3 Å². The summed E-state index contributed by atoms with van der Waals surface area (Å²) in [6, 6.07) is 14.1. The molecular formula is C17H18ClFN2O. The predicted molar refractivity (Wildman–Crippen MR) is 86.3 cm³/mol. The van der Waals surface area contributed by atoms with Crippen LogP contribution in [0, 0.1) is 5.82 Å². The van der Waals surface area contributed by atoms with Gasteiger partial charge in [-0.1, -0.05) is 41.9 Å². The Morgan fingerprint density at radius 3 is 2.73 bits per heavy atom. The predicted octanol–water partition coefficient (Wildman–Crippen LogP) is 2.93. The summed E-state index contributed by atoms with van der Waals surface area (Å²) in [6.45, 7) is 1.03. The van der Waals surface area contributed by atoms with Crippen molar-refractivity contribution < 1.29 is 9.18 Å². The van der Waals surface area contributed by atoms with Crippen molar-refractivity contribution in [2.24, 2.45) is 0 Å². The van der Waals surface area contributed by atoms with Crippen LogP contribution in [0.25, 0.3) is 0 Å². The number of nitrogens with one attached hydrogen (secondary N) is 2. The zero-order valence-electron chi connectivity index (χ0n) is 12.1. The number of hydrogen-bond acceptors (Lipinski definition) is 2. The van der Waals surface area contributed by atoms with Crippen LogP contribution in [0.1, 0.15) is 11.1 Å². The first-order valence-corrected chi connectivity index (χ1v) is 7.48. The van der Waals surface area contributed by atoms with Gasteiger partial charge in [-0.05, 0) is 30.2 Å². The third kappa shape index (κ3) is 5.47. The van der Waals surface area contributed by atoms with E-state index in [4.69, 9.17) is 11.6 Å². The van der Waals surface area contributed by atoms with Gasteiger partial charge in [-0.3, -0.25) is 4.79 Å². The normalized spacial score (nSPS) is 10.5. The molecule has 0 bridgehead atoms. The number of rotatable bonds is 7. The summed E-state index contributed by atoms with van der Waals surface area (Å²) in [5, 5.41) is 6.43. The van der Waals surface area contributed by atoms with Crippen molar-refractivity contribution in [3.8, 4) is 0 Å². The fourth-order valence-corrected chi connectivity index (χ4v) is 2.27. The molecule has 0 heterocycles. The highest BCUT2D eigenvalue weighted by atomic mass is 35.5. The van der Waals surface area contributed by atoms with Crippen molar-refractivity contribution in [1.82, 2.24) is 10.6 Å². The smallest absolute Gasteiger partial charge is 0.233 e. The molecule has 1 amide bonds. The van der Waals surface area contributed by atoms with Crippen LogP contribution in [0.3, 0.4) is 0 Å². The number of carbonyl (C=O) groups excluding carboxylic acids is 1. The number of amides is 1. The Labute approximate surface area is 134 Å². The van der Waals surface area contributed by atoms with Crippen molar-refractivity contribution in [3.63, 3.8) is 0 Å². The minimum absolute atomic E-state index is 0.113. The summed E-state index contributed by atoms with van der Waals surface area (Å²) >= 11 is 5.90. The molecule has 2 aromatic carbocycles. The monoisotopic (exact) mass is 320 g/mol. The van der Waals surface area contributed by atoms with E-state index in [9.17, 15) is 9.18 Å². The molecule has 3 nitrogen and oxygen atoms in total. The van der Waals surface area contributed by atoms with Gasteiger partial charge < -0.3 is 10.6 Å². The third-order valence-electron chi connectivity index (χ3n) is 3.18. The molecule has 0 saturated carbocycles. The van der Waals surface area contributed by atoms with Crippen LogP contribution in [-0.2, 0) is 17.8 Å². The molecule has 0 unspecified atom stereocenters. The average Bonchev–Trinajstić information content (AvgIpc) is 2.49. The summed E-state index contributed by atoms with van der Waals surface area (Å²) in [4.78, 5) is 11.7. The quantitative estimate of drug-likeness (QED) is 0.823. The fourth-order valence-electron chi connectivity index (χ4n) is 2.05. The van der Waals surface area contributed by atoms with Crippen molar-refractivity contribution in [3.05, 3.63) is 70.5 Å². The Hall–Kier alpha value is -1.91. The molecule has 2 aromatic rings. The first kappa shape index (κ1) is 16.5. The lowest BCUT2D eigenvalue weighted by Crippen LogP contribution is -2.34. The van der Waals surface area contributed by atoms with E-state index in [-0.39, 0.29) is 18.3 Å². The van der Waals surface area contributed by atoms with Crippen LogP contribution in [-0.4, -0.2) is 19.0 Å². The summed E-state index contributed by atoms with van der Waals surface area (Å²) in [6.07, 6.45) is 0.722. The van der Waals surface area contributed by atoms with Gasteiger partial charge in [0.15, 0.2) is 0 Å². The van der Waals surface area contributed by atoms with Gasteiger partial charge in [0.05, 0.1) is 6.54 Å². The third-order valence-corrected chi connectivity index (χ3v) is 3.42. The maximum atomic E-state index is 13.4. The summed E-state index contributed by atoms with van der Waals surface area (Å²) in [7, 11) is 0. The van der Waals surface area contributed by atoms with Crippen molar-refractivity contribution in [2.45, 2.75) is 13.0 Å². The molecule has 0 saturated heterocycles. The lowest BCUT2D eigenvalue weighted by Gasteiger charge is -2.08. The number of benzene rings is 2. The Morgan fingerprint density at radius 1 is 1.14 bits per heavy atom. The van der Waals surface area contributed by atoms with Crippen LogP contribution in [0.5, 0.6) is 0 Å². The highest BCUT2D eigenvalue weighted by Gasteiger charge is 2.03. The highest BCUT2D eigenvalue weighted by Crippen LogP contribution is 2.10. The molecule has 0 fully saturated rings. The summed E-state index contributed by atoms with van der Waals surface area (Å²) in [5.74, 6) is -0.380. The van der Waals surface area contributed by atoms with Gasteiger partial charge in [-0.25, -0.2) is 4.39 Å². The molecule has 5 heteroatoms.